The van der Waals surface area contributed by atoms with Crippen molar-refractivity contribution in [1.82, 2.24) is 4.90 Å². The molecule has 0 aromatic heterocycles. The highest BCUT2D eigenvalue weighted by Gasteiger charge is 2.25. The zero-order valence-corrected chi connectivity index (χ0v) is 12.2. The predicted octanol–water partition coefficient (Wildman–Crippen LogP) is 4.22. The third kappa shape index (κ3) is 3.38. The number of allylic oxidation sites excluding steroid dienone is 2. The Labute approximate surface area is 120 Å². The SMILES string of the molecule is CC(c1ccc(Cl)cc1)N(C)C(=O)C1CC=CCC1. The molecule has 2 nitrogen and oxygen atoms in total. The molecule has 0 heterocycles. The van der Waals surface area contributed by atoms with Crippen LogP contribution in [0.2, 0.25) is 5.02 Å². The second-order valence-electron chi connectivity index (χ2n) is 5.16. The Hall–Kier alpha value is -1.28. The topological polar surface area (TPSA) is 20.3 Å². The Balaban J connectivity index is 2.05. The quantitative estimate of drug-likeness (QED) is 0.758. The van der Waals surface area contributed by atoms with E-state index in [1.165, 1.54) is 0 Å². The summed E-state index contributed by atoms with van der Waals surface area (Å²) in [6.07, 6.45) is 7.13. The van der Waals surface area contributed by atoms with Crippen molar-refractivity contribution in [3.05, 3.63) is 47.0 Å². The van der Waals surface area contributed by atoms with Gasteiger partial charge in [-0.15, -0.1) is 0 Å². The van der Waals surface area contributed by atoms with Crippen LogP contribution in [-0.2, 0) is 4.79 Å². The summed E-state index contributed by atoms with van der Waals surface area (Å²) < 4.78 is 0. The number of carbonyl (C=O) groups is 1. The molecule has 0 aliphatic heterocycles. The molecule has 1 aliphatic rings. The van der Waals surface area contributed by atoms with Crippen LogP contribution in [0, 0.1) is 5.92 Å². The molecule has 0 fully saturated rings. The largest absolute Gasteiger partial charge is 0.339 e. The second kappa shape index (κ2) is 6.25. The number of carbonyl (C=O) groups excluding carboxylic acids is 1. The molecule has 19 heavy (non-hydrogen) atoms. The number of hydrogen-bond acceptors (Lipinski definition) is 1. The van der Waals surface area contributed by atoms with Gasteiger partial charge < -0.3 is 4.90 Å². The van der Waals surface area contributed by atoms with E-state index in [1.54, 1.807) is 0 Å². The molecule has 2 rings (SSSR count). The fraction of sp³-hybridized carbons (Fsp3) is 0.438. The van der Waals surface area contributed by atoms with Gasteiger partial charge in [-0.05, 0) is 43.9 Å². The van der Waals surface area contributed by atoms with Gasteiger partial charge in [-0.25, -0.2) is 0 Å². The van der Waals surface area contributed by atoms with Crippen molar-refractivity contribution in [3.8, 4) is 0 Å². The normalized spacial score (nSPS) is 20.1. The monoisotopic (exact) mass is 277 g/mol. The average Bonchev–Trinajstić information content (AvgIpc) is 2.46. The molecular formula is C16H20ClNO. The van der Waals surface area contributed by atoms with Gasteiger partial charge in [0.2, 0.25) is 5.91 Å². The molecule has 0 N–H and O–H groups in total. The zero-order valence-electron chi connectivity index (χ0n) is 11.5. The van der Waals surface area contributed by atoms with Crippen LogP contribution in [0.3, 0.4) is 0 Å². The lowest BCUT2D eigenvalue weighted by Gasteiger charge is -2.30. The standard InChI is InChI=1S/C16H20ClNO/c1-12(13-8-10-15(17)11-9-13)18(2)16(19)14-6-4-3-5-7-14/h3-4,8-12,14H,5-7H2,1-2H3. The van der Waals surface area contributed by atoms with Crippen molar-refractivity contribution in [2.75, 3.05) is 7.05 Å². The Kier molecular flexibility index (Phi) is 4.65. The van der Waals surface area contributed by atoms with Crippen LogP contribution >= 0.6 is 11.6 Å². The Morgan fingerprint density at radius 1 is 1.32 bits per heavy atom. The minimum atomic E-state index is 0.0793. The van der Waals surface area contributed by atoms with Crippen LogP contribution < -0.4 is 0 Å². The van der Waals surface area contributed by atoms with E-state index in [0.717, 1.165) is 29.8 Å². The predicted molar refractivity (Wildman–Crippen MR) is 79.1 cm³/mol. The van der Waals surface area contributed by atoms with Crippen LogP contribution in [0.1, 0.15) is 37.8 Å². The fourth-order valence-corrected chi connectivity index (χ4v) is 2.59. The molecule has 1 aromatic carbocycles. The van der Waals surface area contributed by atoms with E-state index in [-0.39, 0.29) is 17.9 Å². The highest BCUT2D eigenvalue weighted by atomic mass is 35.5. The lowest BCUT2D eigenvalue weighted by atomic mass is 9.92. The minimum Gasteiger partial charge on any atom is -0.339 e. The van der Waals surface area contributed by atoms with E-state index in [1.807, 2.05) is 36.2 Å². The van der Waals surface area contributed by atoms with Gasteiger partial charge in [0.15, 0.2) is 0 Å². The molecule has 2 unspecified atom stereocenters. The summed E-state index contributed by atoms with van der Waals surface area (Å²) >= 11 is 5.89. The van der Waals surface area contributed by atoms with E-state index in [0.29, 0.717) is 0 Å². The highest BCUT2D eigenvalue weighted by molar-refractivity contribution is 6.30. The van der Waals surface area contributed by atoms with E-state index in [2.05, 4.69) is 19.1 Å². The van der Waals surface area contributed by atoms with Crippen molar-refractivity contribution >= 4 is 17.5 Å². The Morgan fingerprint density at radius 3 is 2.58 bits per heavy atom. The summed E-state index contributed by atoms with van der Waals surface area (Å²) in [7, 11) is 1.89. The zero-order chi connectivity index (χ0) is 13.8. The molecule has 102 valence electrons. The van der Waals surface area contributed by atoms with Gasteiger partial charge in [0.1, 0.15) is 0 Å². The molecule has 0 saturated carbocycles. The first kappa shape index (κ1) is 14.1. The summed E-state index contributed by atoms with van der Waals surface area (Å²) in [5, 5.41) is 0.724. The van der Waals surface area contributed by atoms with Gasteiger partial charge in [-0.3, -0.25) is 4.79 Å². The number of amides is 1. The number of rotatable bonds is 3. The van der Waals surface area contributed by atoms with Gasteiger partial charge in [0.05, 0.1) is 6.04 Å². The van der Waals surface area contributed by atoms with Crippen molar-refractivity contribution in [2.24, 2.45) is 5.92 Å². The first-order valence-corrected chi connectivity index (χ1v) is 7.14. The van der Waals surface area contributed by atoms with Gasteiger partial charge in [-0.2, -0.15) is 0 Å². The maximum Gasteiger partial charge on any atom is 0.226 e. The summed E-state index contributed by atoms with van der Waals surface area (Å²) in [5.74, 6) is 0.386. The summed E-state index contributed by atoms with van der Waals surface area (Å²) in [6.45, 7) is 2.06. The van der Waals surface area contributed by atoms with Crippen LogP contribution in [0.15, 0.2) is 36.4 Å². The smallest absolute Gasteiger partial charge is 0.226 e. The maximum absolute atomic E-state index is 12.4. The third-order valence-electron chi connectivity index (χ3n) is 3.90. The van der Waals surface area contributed by atoms with Crippen LogP contribution in [0.5, 0.6) is 0 Å². The fourth-order valence-electron chi connectivity index (χ4n) is 2.46. The first-order chi connectivity index (χ1) is 9.09. The highest BCUT2D eigenvalue weighted by Crippen LogP contribution is 2.26. The lowest BCUT2D eigenvalue weighted by molar-refractivity contribution is -0.136. The third-order valence-corrected chi connectivity index (χ3v) is 4.15. The lowest BCUT2D eigenvalue weighted by Crippen LogP contribution is -2.35. The number of halogens is 1. The molecule has 1 aliphatic carbocycles. The van der Waals surface area contributed by atoms with Gasteiger partial charge >= 0.3 is 0 Å². The van der Waals surface area contributed by atoms with Crippen LogP contribution in [0.4, 0.5) is 0 Å². The average molecular weight is 278 g/mol. The number of nitrogens with zero attached hydrogens (tertiary/aromatic N) is 1. The molecule has 0 radical (unpaired) electrons. The van der Waals surface area contributed by atoms with Crippen molar-refractivity contribution in [1.29, 1.82) is 0 Å². The van der Waals surface area contributed by atoms with Crippen LogP contribution in [0.25, 0.3) is 0 Å². The number of hydrogen-bond donors (Lipinski definition) is 0. The molecule has 3 heteroatoms. The summed E-state index contributed by atoms with van der Waals surface area (Å²) in [6, 6.07) is 7.79. The molecule has 1 aromatic rings. The van der Waals surface area contributed by atoms with Crippen LogP contribution in [-0.4, -0.2) is 17.9 Å². The van der Waals surface area contributed by atoms with E-state index in [9.17, 15) is 4.79 Å². The molecule has 0 spiro atoms. The number of benzene rings is 1. The van der Waals surface area contributed by atoms with Crippen molar-refractivity contribution in [3.63, 3.8) is 0 Å². The minimum absolute atomic E-state index is 0.0793. The van der Waals surface area contributed by atoms with E-state index >= 15 is 0 Å². The Morgan fingerprint density at radius 2 is 2.00 bits per heavy atom. The maximum atomic E-state index is 12.4. The molecular weight excluding hydrogens is 258 g/mol. The molecule has 0 bridgehead atoms. The summed E-state index contributed by atoms with van der Waals surface area (Å²) in [5.41, 5.74) is 1.12. The molecule has 2 atom stereocenters. The first-order valence-electron chi connectivity index (χ1n) is 6.76. The van der Waals surface area contributed by atoms with E-state index in [4.69, 9.17) is 11.6 Å². The van der Waals surface area contributed by atoms with Gasteiger partial charge in [0.25, 0.3) is 0 Å². The van der Waals surface area contributed by atoms with Crippen molar-refractivity contribution in [2.45, 2.75) is 32.2 Å². The Bertz CT molecular complexity index is 466. The molecule has 0 saturated heterocycles. The van der Waals surface area contributed by atoms with Crippen molar-refractivity contribution < 1.29 is 4.79 Å². The van der Waals surface area contributed by atoms with E-state index < -0.39 is 0 Å². The van der Waals surface area contributed by atoms with Gasteiger partial charge in [0, 0.05) is 18.0 Å². The summed E-state index contributed by atoms with van der Waals surface area (Å²) in [4.78, 5) is 14.3. The molecule has 1 amide bonds. The van der Waals surface area contributed by atoms with Gasteiger partial charge in [-0.1, -0.05) is 35.9 Å². The second-order valence-corrected chi connectivity index (χ2v) is 5.59.